The average Bonchev–Trinajstić information content (AvgIpc) is 3.61. The first kappa shape index (κ1) is 34.4. The van der Waals surface area contributed by atoms with Crippen LogP contribution in [-0.2, 0) is 30.9 Å². The number of hydrogen-bond acceptors (Lipinski definition) is 6. The molecular formula is C40H48N4O6S2. The van der Waals surface area contributed by atoms with E-state index in [0.717, 1.165) is 57.0 Å². The molecular weight excluding hydrogens is 697 g/mol. The summed E-state index contributed by atoms with van der Waals surface area (Å²) in [5.41, 5.74) is 1.40. The van der Waals surface area contributed by atoms with Gasteiger partial charge in [0.25, 0.3) is 0 Å². The van der Waals surface area contributed by atoms with Gasteiger partial charge in [0, 0.05) is 46.1 Å². The molecule has 0 radical (unpaired) electrons. The van der Waals surface area contributed by atoms with E-state index in [1.807, 2.05) is 36.4 Å². The van der Waals surface area contributed by atoms with Crippen molar-refractivity contribution in [3.63, 3.8) is 0 Å². The molecule has 4 bridgehead atoms. The van der Waals surface area contributed by atoms with E-state index < -0.39 is 53.8 Å². The van der Waals surface area contributed by atoms with E-state index in [4.69, 9.17) is 0 Å². The third kappa shape index (κ3) is 4.59. The fourth-order valence-electron chi connectivity index (χ4n) is 12.0. The van der Waals surface area contributed by atoms with Crippen molar-refractivity contribution in [1.82, 2.24) is 9.44 Å². The third-order valence-corrected chi connectivity index (χ3v) is 17.8. The number of para-hydroxylation sites is 2. The maximum atomic E-state index is 14.3. The molecule has 6 atom stereocenters. The summed E-state index contributed by atoms with van der Waals surface area (Å²) in [5.74, 6) is -0.330. The standard InChI is InChI=1S/C40H48N4O6S2/c1-37(2)29-17-19-39(37,35-27(29)21-25-11-5-9-15-33(25)43(35)45)23-51(47,48)41-31-13-7-8-14-32(31)42-52(49,50)24-40-20-18-30(38(40,3)4)28-22-26-12-6-10-16-34(26)44(46)36(28)40/h5-6,9-12,15-16,21-22,29-32,41-42H,7-8,13-14,17-20,23-24H2,1-4H3/t29-,30-,31+,32+,39-,40-/m0/s1. The molecule has 10 nitrogen and oxygen atoms in total. The van der Waals surface area contributed by atoms with Crippen LogP contribution < -0.4 is 18.9 Å². The van der Waals surface area contributed by atoms with Gasteiger partial charge in [0.05, 0.1) is 22.3 Å². The molecule has 9 rings (SSSR count). The largest absolute Gasteiger partial charge is 0.618 e. The van der Waals surface area contributed by atoms with Gasteiger partial charge in [-0.1, -0.05) is 64.8 Å². The van der Waals surface area contributed by atoms with Crippen molar-refractivity contribution in [3.8, 4) is 0 Å². The number of hydrogen-bond donors (Lipinski definition) is 2. The maximum absolute atomic E-state index is 14.3. The minimum absolute atomic E-state index is 0.0714. The second-order valence-electron chi connectivity index (χ2n) is 17.6. The van der Waals surface area contributed by atoms with E-state index in [1.165, 1.54) is 0 Å². The van der Waals surface area contributed by atoms with Gasteiger partial charge in [-0.25, -0.2) is 26.3 Å². The summed E-state index contributed by atoms with van der Waals surface area (Å²) in [7, 11) is -7.96. The Morgan fingerprint density at radius 2 is 1.02 bits per heavy atom. The zero-order valence-electron chi connectivity index (χ0n) is 30.3. The number of pyridine rings is 2. The van der Waals surface area contributed by atoms with E-state index in [-0.39, 0.29) is 23.3 Å². The molecule has 3 saturated carbocycles. The highest BCUT2D eigenvalue weighted by Gasteiger charge is 2.69. The van der Waals surface area contributed by atoms with Crippen LogP contribution in [0.3, 0.4) is 0 Å². The summed E-state index contributed by atoms with van der Waals surface area (Å²) >= 11 is 0. The summed E-state index contributed by atoms with van der Waals surface area (Å²) in [6.45, 7) is 8.36. The number of nitrogens with one attached hydrogen (secondary N) is 2. The highest BCUT2D eigenvalue weighted by Crippen LogP contribution is 2.68. The second kappa shape index (κ2) is 11.1. The molecule has 5 aliphatic rings. The first-order valence-corrected chi connectivity index (χ1v) is 22.1. The van der Waals surface area contributed by atoms with Crippen molar-refractivity contribution in [3.05, 3.63) is 93.6 Å². The molecule has 2 heterocycles. The van der Waals surface area contributed by atoms with Crippen molar-refractivity contribution < 1.29 is 26.3 Å². The van der Waals surface area contributed by atoms with E-state index in [0.29, 0.717) is 48.1 Å². The van der Waals surface area contributed by atoms with Gasteiger partial charge in [-0.15, -0.1) is 0 Å². The Morgan fingerprint density at radius 3 is 1.42 bits per heavy atom. The fourth-order valence-corrected chi connectivity index (χ4v) is 16.3. The van der Waals surface area contributed by atoms with Gasteiger partial charge in [0.15, 0.2) is 0 Å². The molecule has 12 heteroatoms. The molecule has 0 unspecified atom stereocenters. The zero-order valence-corrected chi connectivity index (χ0v) is 31.9. The van der Waals surface area contributed by atoms with E-state index in [9.17, 15) is 27.3 Å². The van der Waals surface area contributed by atoms with Crippen LogP contribution in [0.25, 0.3) is 21.8 Å². The van der Waals surface area contributed by atoms with E-state index in [2.05, 4.69) is 49.3 Å². The summed E-state index contributed by atoms with van der Waals surface area (Å²) in [6, 6.07) is 17.8. The van der Waals surface area contributed by atoms with Crippen molar-refractivity contribution in [2.75, 3.05) is 11.5 Å². The highest BCUT2D eigenvalue weighted by molar-refractivity contribution is 7.89. The van der Waals surface area contributed by atoms with Gasteiger partial charge in [-0.2, -0.15) is 9.46 Å². The smallest absolute Gasteiger partial charge is 0.224 e. The Bertz CT molecular complexity index is 2230. The normalized spacial score (nSPS) is 31.3. The van der Waals surface area contributed by atoms with Crippen LogP contribution in [0.5, 0.6) is 0 Å². The number of nitrogens with zero attached hydrogens (tertiary/aromatic N) is 2. The van der Waals surface area contributed by atoms with Gasteiger partial charge in [0.2, 0.25) is 42.5 Å². The molecule has 2 N–H and O–H groups in total. The summed E-state index contributed by atoms with van der Waals surface area (Å²) in [5, 5.41) is 29.7. The van der Waals surface area contributed by atoms with Gasteiger partial charge in [-0.3, -0.25) is 0 Å². The molecule has 0 saturated heterocycles. The summed E-state index contributed by atoms with van der Waals surface area (Å²) < 4.78 is 65.2. The van der Waals surface area contributed by atoms with Crippen LogP contribution in [0.15, 0.2) is 60.7 Å². The zero-order chi connectivity index (χ0) is 36.6. The van der Waals surface area contributed by atoms with E-state index in [1.54, 1.807) is 12.1 Å². The molecule has 4 aromatic rings. The van der Waals surface area contributed by atoms with Crippen LogP contribution in [0.1, 0.15) is 113 Å². The Kier molecular flexibility index (Phi) is 7.36. The fraction of sp³-hybridized carbons (Fsp3) is 0.550. The average molecular weight is 745 g/mol. The summed E-state index contributed by atoms with van der Waals surface area (Å²) in [6.07, 6.45) is 5.35. The lowest BCUT2D eigenvalue weighted by Crippen LogP contribution is -2.58. The maximum Gasteiger partial charge on any atom is 0.224 e. The quantitative estimate of drug-likeness (QED) is 0.182. The molecule has 2 aromatic heterocycles. The predicted molar refractivity (Wildman–Crippen MR) is 201 cm³/mol. The van der Waals surface area contributed by atoms with E-state index >= 15 is 0 Å². The topological polar surface area (TPSA) is 146 Å². The minimum atomic E-state index is -3.98. The van der Waals surface area contributed by atoms with Crippen molar-refractivity contribution in [1.29, 1.82) is 0 Å². The Labute approximate surface area is 306 Å². The first-order valence-electron chi connectivity index (χ1n) is 18.8. The molecule has 276 valence electrons. The minimum Gasteiger partial charge on any atom is -0.618 e. The molecule has 0 amide bonds. The Hall–Kier alpha value is -3.32. The number of rotatable bonds is 8. The molecule has 3 fully saturated rings. The molecule has 52 heavy (non-hydrogen) atoms. The van der Waals surface area contributed by atoms with Crippen LogP contribution in [0, 0.1) is 21.2 Å². The van der Waals surface area contributed by atoms with Crippen LogP contribution >= 0.6 is 0 Å². The third-order valence-electron chi connectivity index (χ3n) is 14.8. The second-order valence-corrected chi connectivity index (χ2v) is 21.2. The van der Waals surface area contributed by atoms with Gasteiger partial charge >= 0.3 is 0 Å². The Morgan fingerprint density at radius 1 is 0.635 bits per heavy atom. The van der Waals surface area contributed by atoms with Crippen molar-refractivity contribution >= 4 is 41.9 Å². The lowest BCUT2D eigenvalue weighted by molar-refractivity contribution is -0.591. The lowest BCUT2D eigenvalue weighted by atomic mass is 9.69. The number of aromatic nitrogens is 2. The first-order chi connectivity index (χ1) is 24.5. The van der Waals surface area contributed by atoms with Crippen LogP contribution in [-0.4, -0.2) is 40.4 Å². The Balaban J connectivity index is 1.00. The highest BCUT2D eigenvalue weighted by atomic mass is 32.2. The lowest BCUT2D eigenvalue weighted by Gasteiger charge is -2.39. The molecule has 0 aliphatic heterocycles. The number of fused-ring (bicyclic) bond motifs is 12. The number of sulfonamides is 2. The van der Waals surface area contributed by atoms with Crippen LogP contribution in [0.2, 0.25) is 0 Å². The van der Waals surface area contributed by atoms with Crippen LogP contribution in [0.4, 0.5) is 0 Å². The van der Waals surface area contributed by atoms with Gasteiger partial charge < -0.3 is 10.4 Å². The summed E-state index contributed by atoms with van der Waals surface area (Å²) in [4.78, 5) is 0. The van der Waals surface area contributed by atoms with Crippen molar-refractivity contribution in [2.45, 2.75) is 114 Å². The predicted octanol–water partition coefficient (Wildman–Crippen LogP) is 5.42. The number of benzene rings is 2. The van der Waals surface area contributed by atoms with Gasteiger partial charge in [0.1, 0.15) is 0 Å². The monoisotopic (exact) mass is 744 g/mol. The molecule has 2 aromatic carbocycles. The molecule has 0 spiro atoms. The van der Waals surface area contributed by atoms with Crippen molar-refractivity contribution in [2.24, 2.45) is 10.8 Å². The van der Waals surface area contributed by atoms with Gasteiger partial charge in [-0.05, 0) is 85.5 Å². The SMILES string of the molecule is CC1(C)[C@H]2CC[C@]1(CS(=O)(=O)N[C@@H]1CCCC[C@H]1NS(=O)(=O)C[C@@]13CC[C@@H](c4cc5ccccc5[n+]([O-])c41)C3(C)C)c1c2cc2ccccc2[n+]1[O-]. The molecule has 5 aliphatic carbocycles.